The second-order valence-electron chi connectivity index (χ2n) is 8.37. The Balaban J connectivity index is 1.56. The van der Waals surface area contributed by atoms with Crippen molar-refractivity contribution in [1.82, 2.24) is 9.80 Å². The fourth-order valence-electron chi connectivity index (χ4n) is 4.25. The van der Waals surface area contributed by atoms with Gasteiger partial charge in [0.1, 0.15) is 5.82 Å². The number of nitrogens with zero attached hydrogens (tertiary/aromatic N) is 2. The molecule has 2 aromatic rings. The van der Waals surface area contributed by atoms with Gasteiger partial charge in [-0.15, -0.1) is 0 Å². The van der Waals surface area contributed by atoms with Gasteiger partial charge in [0.2, 0.25) is 5.90 Å². The molecule has 2 aliphatic heterocycles. The Bertz CT molecular complexity index is 1150. The predicted octanol–water partition coefficient (Wildman–Crippen LogP) is 4.46. The molecule has 0 bridgehead atoms. The van der Waals surface area contributed by atoms with Gasteiger partial charge in [-0.2, -0.15) is 0 Å². The number of allylic oxidation sites excluding steroid dienone is 2. The number of aryl methyl sites for hydroxylation is 1. The van der Waals surface area contributed by atoms with Crippen molar-refractivity contribution in [2.24, 2.45) is 0 Å². The molecule has 3 N–H and O–H groups in total. The van der Waals surface area contributed by atoms with E-state index in [0.717, 1.165) is 30.8 Å². The second-order valence-corrected chi connectivity index (χ2v) is 8.37. The minimum Gasteiger partial charge on any atom is -0.428 e. The first-order valence-electron chi connectivity index (χ1n) is 11.1. The van der Waals surface area contributed by atoms with E-state index in [2.05, 4.69) is 41.2 Å². The van der Waals surface area contributed by atoms with Crippen molar-refractivity contribution < 1.29 is 9.53 Å². The SMILES string of the molecule is Cc1ccc(NC(=O)c2cccc(C(=N)OC=N)c2)cc1C1=CCN(C)C(N2CCCC2)=C1. The van der Waals surface area contributed by atoms with Gasteiger partial charge in [-0.3, -0.25) is 15.6 Å². The lowest BCUT2D eigenvalue weighted by Crippen LogP contribution is -2.33. The third-order valence-corrected chi connectivity index (χ3v) is 6.06. The van der Waals surface area contributed by atoms with Crippen LogP contribution in [0.15, 0.2) is 60.4 Å². The maximum Gasteiger partial charge on any atom is 0.255 e. The van der Waals surface area contributed by atoms with Crippen LogP contribution in [0.5, 0.6) is 0 Å². The molecule has 1 amide bonds. The lowest BCUT2D eigenvalue weighted by molar-refractivity contribution is 0.102. The summed E-state index contributed by atoms with van der Waals surface area (Å²) in [4.78, 5) is 17.6. The summed E-state index contributed by atoms with van der Waals surface area (Å²) < 4.78 is 4.80. The Morgan fingerprint density at radius 2 is 1.88 bits per heavy atom. The monoisotopic (exact) mass is 443 g/mol. The standard InChI is InChI=1S/C26H29N5O2/c1-18-8-9-22(29-26(32)21-7-5-6-20(14-21)25(28)33-17-27)16-23(18)19-10-13-30(2)24(15-19)31-11-3-4-12-31/h5-10,14-17,27-28H,3-4,11-13H2,1-2H3,(H,29,32). The van der Waals surface area contributed by atoms with Gasteiger partial charge in [-0.1, -0.05) is 18.2 Å². The molecule has 7 heteroatoms. The molecule has 2 heterocycles. The van der Waals surface area contributed by atoms with Gasteiger partial charge in [0.25, 0.3) is 5.91 Å². The Hall–Kier alpha value is -3.87. The minimum absolute atomic E-state index is 0.174. The zero-order valence-electron chi connectivity index (χ0n) is 19.0. The third kappa shape index (κ3) is 4.98. The molecule has 0 unspecified atom stereocenters. The summed E-state index contributed by atoms with van der Waals surface area (Å²) in [6, 6.07) is 12.6. The number of rotatable bonds is 6. The van der Waals surface area contributed by atoms with Gasteiger partial charge in [0, 0.05) is 43.5 Å². The van der Waals surface area contributed by atoms with E-state index in [1.165, 1.54) is 24.2 Å². The molecule has 33 heavy (non-hydrogen) atoms. The van der Waals surface area contributed by atoms with E-state index in [9.17, 15) is 4.79 Å². The van der Waals surface area contributed by atoms with Gasteiger partial charge in [-0.25, -0.2) is 0 Å². The number of amides is 1. The molecule has 7 nitrogen and oxygen atoms in total. The van der Waals surface area contributed by atoms with Gasteiger partial charge >= 0.3 is 0 Å². The minimum atomic E-state index is -0.264. The average molecular weight is 444 g/mol. The van der Waals surface area contributed by atoms with Crippen molar-refractivity contribution in [2.75, 3.05) is 32.0 Å². The number of anilines is 1. The maximum atomic E-state index is 12.9. The lowest BCUT2D eigenvalue weighted by Gasteiger charge is -2.33. The molecule has 0 aromatic heterocycles. The van der Waals surface area contributed by atoms with E-state index < -0.39 is 0 Å². The van der Waals surface area contributed by atoms with Crippen LogP contribution in [0, 0.1) is 17.7 Å². The molecule has 2 aromatic carbocycles. The van der Waals surface area contributed by atoms with Crippen LogP contribution < -0.4 is 5.32 Å². The van der Waals surface area contributed by atoms with E-state index in [-0.39, 0.29) is 11.8 Å². The number of ether oxygens (including phenoxy) is 1. The summed E-state index contributed by atoms with van der Waals surface area (Å²) in [5.41, 5.74) is 5.00. The Morgan fingerprint density at radius 1 is 1.12 bits per heavy atom. The van der Waals surface area contributed by atoms with Crippen molar-refractivity contribution in [2.45, 2.75) is 19.8 Å². The van der Waals surface area contributed by atoms with Gasteiger partial charge in [-0.05, 0) is 72.9 Å². The summed E-state index contributed by atoms with van der Waals surface area (Å²) >= 11 is 0. The lowest BCUT2D eigenvalue weighted by atomic mass is 9.97. The van der Waals surface area contributed by atoms with Crippen LogP contribution in [0.4, 0.5) is 5.69 Å². The highest BCUT2D eigenvalue weighted by Gasteiger charge is 2.21. The molecule has 1 saturated heterocycles. The molecule has 0 spiro atoms. The maximum absolute atomic E-state index is 12.9. The van der Waals surface area contributed by atoms with Crippen LogP contribution in [0.25, 0.3) is 5.57 Å². The van der Waals surface area contributed by atoms with Gasteiger partial charge in [0.15, 0.2) is 6.40 Å². The predicted molar refractivity (Wildman–Crippen MR) is 132 cm³/mol. The first-order valence-corrected chi connectivity index (χ1v) is 11.1. The summed E-state index contributed by atoms with van der Waals surface area (Å²) in [5.74, 6) is 0.817. The first-order chi connectivity index (χ1) is 16.0. The number of likely N-dealkylation sites (N-methyl/N-ethyl adjacent to an activating group) is 1. The fourth-order valence-corrected chi connectivity index (χ4v) is 4.25. The van der Waals surface area contributed by atoms with Crippen molar-refractivity contribution in [3.63, 3.8) is 0 Å². The smallest absolute Gasteiger partial charge is 0.255 e. The van der Waals surface area contributed by atoms with Crippen LogP contribution in [-0.2, 0) is 4.74 Å². The summed E-state index contributed by atoms with van der Waals surface area (Å²) in [5, 5.41) is 17.8. The molecule has 1 fully saturated rings. The van der Waals surface area contributed by atoms with E-state index in [1.54, 1.807) is 24.3 Å². The summed E-state index contributed by atoms with van der Waals surface area (Å²) in [6.07, 6.45) is 7.65. The highest BCUT2D eigenvalue weighted by atomic mass is 16.5. The molecule has 4 rings (SSSR count). The molecule has 170 valence electrons. The Morgan fingerprint density at radius 3 is 2.64 bits per heavy atom. The largest absolute Gasteiger partial charge is 0.428 e. The van der Waals surface area contributed by atoms with E-state index in [4.69, 9.17) is 15.6 Å². The number of likely N-dealkylation sites (tertiary alicyclic amines) is 1. The molecular formula is C26H29N5O2. The van der Waals surface area contributed by atoms with Crippen LogP contribution in [-0.4, -0.2) is 54.7 Å². The summed E-state index contributed by atoms with van der Waals surface area (Å²) in [6.45, 7) is 5.13. The van der Waals surface area contributed by atoms with E-state index >= 15 is 0 Å². The van der Waals surface area contributed by atoms with Crippen LogP contribution >= 0.6 is 0 Å². The van der Waals surface area contributed by atoms with E-state index in [0.29, 0.717) is 23.2 Å². The number of hydrogen-bond acceptors (Lipinski definition) is 6. The molecule has 0 aliphatic carbocycles. The van der Waals surface area contributed by atoms with Crippen LogP contribution in [0.2, 0.25) is 0 Å². The number of benzene rings is 2. The molecular weight excluding hydrogens is 414 g/mol. The zero-order valence-corrected chi connectivity index (χ0v) is 19.0. The molecule has 0 saturated carbocycles. The third-order valence-electron chi connectivity index (χ3n) is 6.06. The van der Waals surface area contributed by atoms with Crippen LogP contribution in [0.1, 0.15) is 39.9 Å². The van der Waals surface area contributed by atoms with Crippen molar-refractivity contribution in [3.8, 4) is 0 Å². The number of carbonyl (C=O) groups is 1. The molecule has 0 atom stereocenters. The highest BCUT2D eigenvalue weighted by Crippen LogP contribution is 2.30. The first kappa shape index (κ1) is 22.3. The number of nitrogens with one attached hydrogen (secondary N) is 3. The topological polar surface area (TPSA) is 92.5 Å². The zero-order chi connectivity index (χ0) is 23.4. The number of hydrogen-bond donors (Lipinski definition) is 3. The average Bonchev–Trinajstić information content (AvgIpc) is 3.36. The normalized spacial score (nSPS) is 15.6. The fraction of sp³-hybridized carbons (Fsp3) is 0.269. The van der Waals surface area contributed by atoms with Crippen molar-refractivity contribution in [3.05, 3.63) is 82.7 Å². The Kier molecular flexibility index (Phi) is 6.58. The second kappa shape index (κ2) is 9.73. The van der Waals surface area contributed by atoms with Gasteiger partial charge < -0.3 is 19.9 Å². The number of carbonyl (C=O) groups excluding carboxylic acids is 1. The Labute approximate surface area is 194 Å². The van der Waals surface area contributed by atoms with E-state index in [1.807, 2.05) is 18.2 Å². The van der Waals surface area contributed by atoms with Gasteiger partial charge in [0.05, 0.1) is 0 Å². The van der Waals surface area contributed by atoms with Crippen LogP contribution in [0.3, 0.4) is 0 Å². The summed E-state index contributed by atoms with van der Waals surface area (Å²) in [7, 11) is 2.13. The molecule has 0 radical (unpaired) electrons. The van der Waals surface area contributed by atoms with Crippen molar-refractivity contribution >= 4 is 29.5 Å². The molecule has 2 aliphatic rings. The highest BCUT2D eigenvalue weighted by molar-refractivity contribution is 6.06. The van der Waals surface area contributed by atoms with Crippen molar-refractivity contribution in [1.29, 1.82) is 10.8 Å². The quantitative estimate of drug-likeness (QED) is 0.454.